The molecule has 0 unspecified atom stereocenters. The summed E-state index contributed by atoms with van der Waals surface area (Å²) in [5.74, 6) is 0.0167. The number of benzene rings is 1. The summed E-state index contributed by atoms with van der Waals surface area (Å²) < 4.78 is 5.38. The molecule has 0 aliphatic rings. The fraction of sp³-hybridized carbons (Fsp3) is 0.421. The molecule has 0 saturated heterocycles. The number of carbonyl (C=O) groups excluding carboxylic acids is 2. The molecule has 26 heavy (non-hydrogen) atoms. The van der Waals surface area contributed by atoms with Crippen molar-refractivity contribution in [3.63, 3.8) is 0 Å². The number of hydrogen-bond donors (Lipinski definition) is 2. The number of nitrogens with zero attached hydrogens (tertiary/aromatic N) is 2. The van der Waals surface area contributed by atoms with Gasteiger partial charge in [-0.05, 0) is 46.2 Å². The van der Waals surface area contributed by atoms with Gasteiger partial charge in [-0.2, -0.15) is 0 Å². The lowest BCUT2D eigenvalue weighted by atomic mass is 10.2. The minimum absolute atomic E-state index is 0.00898. The van der Waals surface area contributed by atoms with Crippen LogP contribution in [0.2, 0.25) is 0 Å². The van der Waals surface area contributed by atoms with Crippen LogP contribution in [-0.4, -0.2) is 33.9 Å². The molecule has 0 atom stereocenters. The second-order valence-corrected chi connectivity index (χ2v) is 6.72. The van der Waals surface area contributed by atoms with Crippen molar-refractivity contribution < 1.29 is 14.0 Å². The van der Waals surface area contributed by atoms with E-state index in [1.807, 2.05) is 58.9 Å². The molecule has 2 rings (SSSR count). The van der Waals surface area contributed by atoms with E-state index >= 15 is 0 Å². The largest absolute Gasteiger partial charge is 0.446 e. The van der Waals surface area contributed by atoms with Crippen molar-refractivity contribution in [1.82, 2.24) is 15.2 Å². The zero-order valence-corrected chi connectivity index (χ0v) is 15.9. The summed E-state index contributed by atoms with van der Waals surface area (Å²) in [6.07, 6.45) is 1.31. The summed E-state index contributed by atoms with van der Waals surface area (Å²) in [6, 6.07) is 7.26. The molecule has 1 aromatic carbocycles. The highest BCUT2D eigenvalue weighted by Crippen LogP contribution is 2.16. The number of hydrogen-bond acceptors (Lipinski definition) is 4. The van der Waals surface area contributed by atoms with E-state index in [2.05, 4.69) is 15.6 Å². The van der Waals surface area contributed by atoms with Gasteiger partial charge >= 0.3 is 6.03 Å². The number of amides is 3. The van der Waals surface area contributed by atoms with Gasteiger partial charge in [-0.25, -0.2) is 9.78 Å². The first kappa shape index (κ1) is 19.5. The molecule has 0 radical (unpaired) electrons. The molecule has 0 aliphatic heterocycles. The average molecular weight is 358 g/mol. The van der Waals surface area contributed by atoms with Gasteiger partial charge in [-0.15, -0.1) is 0 Å². The van der Waals surface area contributed by atoms with Crippen molar-refractivity contribution in [2.45, 2.75) is 53.2 Å². The van der Waals surface area contributed by atoms with Gasteiger partial charge in [-0.3, -0.25) is 4.79 Å². The molecule has 1 heterocycles. The Bertz CT molecular complexity index is 768. The van der Waals surface area contributed by atoms with Crippen LogP contribution in [0.3, 0.4) is 0 Å². The van der Waals surface area contributed by atoms with E-state index in [1.54, 1.807) is 4.90 Å². The first-order valence-corrected chi connectivity index (χ1v) is 8.66. The number of carbonyl (C=O) groups is 2. The summed E-state index contributed by atoms with van der Waals surface area (Å²) in [5, 5.41) is 5.66. The minimum atomic E-state index is -0.296. The Kier molecular flexibility index (Phi) is 6.38. The Hall–Kier alpha value is -2.83. The molecule has 0 aliphatic carbocycles. The van der Waals surface area contributed by atoms with Crippen molar-refractivity contribution in [1.29, 1.82) is 0 Å². The van der Waals surface area contributed by atoms with Gasteiger partial charge in [0.1, 0.15) is 6.26 Å². The second-order valence-electron chi connectivity index (χ2n) is 6.72. The van der Waals surface area contributed by atoms with E-state index in [1.165, 1.54) is 6.26 Å². The normalized spacial score (nSPS) is 10.9. The van der Waals surface area contributed by atoms with Crippen LogP contribution in [0.4, 0.5) is 10.5 Å². The van der Waals surface area contributed by atoms with E-state index in [0.29, 0.717) is 5.89 Å². The van der Waals surface area contributed by atoms with Gasteiger partial charge in [0.05, 0.1) is 6.54 Å². The van der Waals surface area contributed by atoms with E-state index in [9.17, 15) is 9.59 Å². The Morgan fingerprint density at radius 1 is 1.19 bits per heavy atom. The second kappa shape index (κ2) is 8.51. The van der Waals surface area contributed by atoms with Crippen molar-refractivity contribution in [3.05, 3.63) is 47.7 Å². The predicted molar refractivity (Wildman–Crippen MR) is 100.0 cm³/mol. The number of anilines is 1. The molecule has 140 valence electrons. The molecule has 0 fully saturated rings. The smallest absolute Gasteiger partial charge is 0.322 e. The van der Waals surface area contributed by atoms with E-state index in [0.717, 1.165) is 11.3 Å². The first-order valence-electron chi connectivity index (χ1n) is 8.66. The van der Waals surface area contributed by atoms with Crippen LogP contribution in [-0.2, 0) is 6.54 Å². The molecule has 0 bridgehead atoms. The maximum Gasteiger partial charge on any atom is 0.322 e. The summed E-state index contributed by atoms with van der Waals surface area (Å²) in [7, 11) is 0. The topological polar surface area (TPSA) is 87.5 Å². The van der Waals surface area contributed by atoms with Crippen LogP contribution in [0.25, 0.3) is 0 Å². The minimum Gasteiger partial charge on any atom is -0.446 e. The molecule has 2 N–H and O–H groups in total. The molecule has 7 nitrogen and oxygen atoms in total. The third-order valence-corrected chi connectivity index (χ3v) is 3.78. The lowest BCUT2D eigenvalue weighted by Crippen LogP contribution is -2.39. The van der Waals surface area contributed by atoms with Crippen molar-refractivity contribution >= 4 is 17.6 Å². The average Bonchev–Trinajstić information content (AvgIpc) is 3.02. The third kappa shape index (κ3) is 5.08. The number of oxazole rings is 1. The van der Waals surface area contributed by atoms with Gasteiger partial charge in [0, 0.05) is 17.8 Å². The van der Waals surface area contributed by atoms with Gasteiger partial charge in [0.25, 0.3) is 5.91 Å². The molecule has 0 spiro atoms. The Morgan fingerprint density at radius 3 is 2.50 bits per heavy atom. The van der Waals surface area contributed by atoms with Gasteiger partial charge < -0.3 is 20.0 Å². The number of aromatic nitrogens is 1. The van der Waals surface area contributed by atoms with E-state index in [-0.39, 0.29) is 36.3 Å². The standard InChI is InChI=1S/C19H26N4O3/c1-12(2)20-18(24)16-11-26-17(21-16)10-23(13(3)4)19(25)22-15-9-7-6-8-14(15)5/h6-9,11-13H,10H2,1-5H3,(H,20,24)(H,22,25). The van der Waals surface area contributed by atoms with Gasteiger partial charge in [0.15, 0.2) is 5.69 Å². The predicted octanol–water partition coefficient (Wildman–Crippen LogP) is 3.56. The van der Waals surface area contributed by atoms with E-state index < -0.39 is 0 Å². The fourth-order valence-electron chi connectivity index (χ4n) is 2.36. The number of urea groups is 1. The lowest BCUT2D eigenvalue weighted by Gasteiger charge is -2.26. The lowest BCUT2D eigenvalue weighted by molar-refractivity contribution is 0.0938. The maximum absolute atomic E-state index is 12.7. The number of rotatable bonds is 6. The molecule has 7 heteroatoms. The quantitative estimate of drug-likeness (QED) is 0.826. The van der Waals surface area contributed by atoms with Crippen LogP contribution in [0.15, 0.2) is 34.9 Å². The zero-order chi connectivity index (χ0) is 19.3. The highest BCUT2D eigenvalue weighted by Gasteiger charge is 2.21. The molecule has 2 aromatic rings. The molecular weight excluding hydrogens is 332 g/mol. The molecule has 3 amide bonds. The zero-order valence-electron chi connectivity index (χ0n) is 15.9. The molecule has 1 aromatic heterocycles. The number of nitrogens with one attached hydrogen (secondary N) is 2. The Morgan fingerprint density at radius 2 is 1.88 bits per heavy atom. The highest BCUT2D eigenvalue weighted by molar-refractivity contribution is 5.92. The maximum atomic E-state index is 12.7. The highest BCUT2D eigenvalue weighted by atomic mass is 16.3. The van der Waals surface area contributed by atoms with Crippen LogP contribution < -0.4 is 10.6 Å². The van der Waals surface area contributed by atoms with Crippen molar-refractivity contribution in [2.24, 2.45) is 0 Å². The summed E-state index contributed by atoms with van der Waals surface area (Å²) in [6.45, 7) is 9.66. The van der Waals surface area contributed by atoms with Crippen LogP contribution in [0, 0.1) is 6.92 Å². The van der Waals surface area contributed by atoms with Gasteiger partial charge in [0.2, 0.25) is 5.89 Å². The Balaban J connectivity index is 2.09. The molecular formula is C19H26N4O3. The molecule has 0 saturated carbocycles. The van der Waals surface area contributed by atoms with Crippen LogP contribution in [0.1, 0.15) is 49.6 Å². The first-order chi connectivity index (χ1) is 12.3. The number of para-hydroxylation sites is 1. The SMILES string of the molecule is Cc1ccccc1NC(=O)N(Cc1nc(C(=O)NC(C)C)co1)C(C)C. The van der Waals surface area contributed by atoms with Crippen LogP contribution >= 0.6 is 0 Å². The Labute approximate surface area is 153 Å². The van der Waals surface area contributed by atoms with Crippen molar-refractivity contribution in [3.8, 4) is 0 Å². The summed E-state index contributed by atoms with van der Waals surface area (Å²) in [5.41, 5.74) is 1.94. The summed E-state index contributed by atoms with van der Waals surface area (Å²) in [4.78, 5) is 30.4. The van der Waals surface area contributed by atoms with Crippen LogP contribution in [0.5, 0.6) is 0 Å². The fourth-order valence-corrected chi connectivity index (χ4v) is 2.36. The third-order valence-electron chi connectivity index (χ3n) is 3.78. The number of aryl methyl sites for hydroxylation is 1. The van der Waals surface area contributed by atoms with Gasteiger partial charge in [-0.1, -0.05) is 18.2 Å². The summed E-state index contributed by atoms with van der Waals surface area (Å²) >= 11 is 0. The van der Waals surface area contributed by atoms with E-state index in [4.69, 9.17) is 4.42 Å². The van der Waals surface area contributed by atoms with Crippen molar-refractivity contribution in [2.75, 3.05) is 5.32 Å². The monoisotopic (exact) mass is 358 g/mol.